The number of carbonyl (C=O) groups is 2. The number of hydrogen-bond acceptors (Lipinski definition) is 9. The third-order valence-corrected chi connectivity index (χ3v) is 9.27. The Bertz CT molecular complexity index is 960. The molecule has 4 aliphatic heterocycles. The van der Waals surface area contributed by atoms with Crippen LogP contribution < -0.4 is 0 Å². The third kappa shape index (κ3) is 1.88. The van der Waals surface area contributed by atoms with Crippen LogP contribution in [0.4, 0.5) is 0 Å². The Balaban J connectivity index is 1.54. The first-order chi connectivity index (χ1) is 13.9. The largest absolute Gasteiger partial charge is 0.459 e. The van der Waals surface area contributed by atoms with Crippen molar-refractivity contribution in [2.24, 2.45) is 16.7 Å². The molecule has 0 radical (unpaired) electrons. The number of hydrogen-bond donors (Lipinski definition) is 2. The second kappa shape index (κ2) is 5.17. The monoisotopic (exact) mass is 440 g/mol. The van der Waals surface area contributed by atoms with Gasteiger partial charge in [0.2, 0.25) is 0 Å². The number of cyclic esters (lactones) is 1. The van der Waals surface area contributed by atoms with Crippen molar-refractivity contribution in [3.05, 3.63) is 11.6 Å². The second-order valence-electron chi connectivity index (χ2n) is 10.2. The van der Waals surface area contributed by atoms with E-state index in [0.29, 0.717) is 5.57 Å². The lowest BCUT2D eigenvalue weighted by molar-refractivity contribution is -0.169. The molecule has 10 heteroatoms. The van der Waals surface area contributed by atoms with E-state index in [2.05, 4.69) is 0 Å². The summed E-state index contributed by atoms with van der Waals surface area (Å²) < 4.78 is 35.2. The van der Waals surface area contributed by atoms with Crippen LogP contribution in [-0.4, -0.2) is 86.2 Å². The number of carbonyl (C=O) groups excluding carboxylic acids is 2. The normalized spacial score (nSPS) is 57.4. The number of esters is 2. The number of aliphatic hydroxyl groups excluding tert-OH is 1. The van der Waals surface area contributed by atoms with Crippen LogP contribution in [0.3, 0.4) is 0 Å². The van der Waals surface area contributed by atoms with Gasteiger partial charge >= 0.3 is 11.9 Å². The highest BCUT2D eigenvalue weighted by atomic mass is 32.2. The fourth-order valence-corrected chi connectivity index (χ4v) is 8.13. The van der Waals surface area contributed by atoms with Gasteiger partial charge in [0.1, 0.15) is 29.3 Å². The fraction of sp³-hybridized carbons (Fsp3) is 0.800. The molecule has 9 nitrogen and oxygen atoms in total. The Morgan fingerprint density at radius 1 is 1.17 bits per heavy atom. The van der Waals surface area contributed by atoms with E-state index < -0.39 is 87.3 Å². The summed E-state index contributed by atoms with van der Waals surface area (Å²) in [5.41, 5.74) is -4.23. The summed E-state index contributed by atoms with van der Waals surface area (Å²) in [5, 5.41) is 22.0. The van der Waals surface area contributed by atoms with E-state index in [1.54, 1.807) is 6.92 Å². The molecule has 4 heterocycles. The number of aliphatic hydroxyl groups is 2. The molecule has 2 saturated carbocycles. The lowest BCUT2D eigenvalue weighted by Gasteiger charge is -2.54. The average molecular weight is 440 g/mol. The zero-order chi connectivity index (χ0) is 21.6. The van der Waals surface area contributed by atoms with E-state index in [9.17, 15) is 24.0 Å². The maximum Gasteiger partial charge on any atom is 0.331 e. The SMILES string of the molecule is CS(=O)CC(C)(O)C1OC(=O)C=C2C3(C)C4OC4C(O)C4(C)C(=O)OC(C43)C3OC231. The van der Waals surface area contributed by atoms with Crippen LogP contribution in [0.15, 0.2) is 11.6 Å². The van der Waals surface area contributed by atoms with Gasteiger partial charge in [-0.15, -0.1) is 0 Å². The maximum atomic E-state index is 12.9. The first-order valence-corrected chi connectivity index (χ1v) is 11.8. The van der Waals surface area contributed by atoms with Crippen LogP contribution in [0.1, 0.15) is 20.8 Å². The van der Waals surface area contributed by atoms with Crippen LogP contribution in [0.25, 0.3) is 0 Å². The molecular formula is C20H24O9S. The Kier molecular flexibility index (Phi) is 3.34. The zero-order valence-electron chi connectivity index (χ0n) is 17.0. The molecule has 5 fully saturated rings. The second-order valence-corrected chi connectivity index (χ2v) is 11.6. The quantitative estimate of drug-likeness (QED) is 0.410. The molecule has 0 amide bonds. The fourth-order valence-electron chi connectivity index (χ4n) is 7.15. The molecule has 164 valence electrons. The zero-order valence-corrected chi connectivity index (χ0v) is 17.8. The molecule has 6 aliphatic rings. The van der Waals surface area contributed by atoms with Gasteiger partial charge in [0.15, 0.2) is 11.7 Å². The lowest BCUT2D eigenvalue weighted by atomic mass is 9.46. The van der Waals surface area contributed by atoms with Crippen LogP contribution in [0.2, 0.25) is 0 Å². The summed E-state index contributed by atoms with van der Waals surface area (Å²) in [6.07, 6.45) is -1.54. The first-order valence-electron chi connectivity index (χ1n) is 10.1. The predicted molar refractivity (Wildman–Crippen MR) is 99.4 cm³/mol. The summed E-state index contributed by atoms with van der Waals surface area (Å²) in [6, 6.07) is 0. The van der Waals surface area contributed by atoms with E-state index in [1.807, 2.05) is 6.92 Å². The summed E-state index contributed by atoms with van der Waals surface area (Å²) in [4.78, 5) is 25.6. The smallest absolute Gasteiger partial charge is 0.331 e. The minimum atomic E-state index is -1.63. The molecule has 6 rings (SSSR count). The average Bonchev–Trinajstić information content (AvgIpc) is 3.52. The van der Waals surface area contributed by atoms with Crippen molar-refractivity contribution in [1.29, 1.82) is 0 Å². The van der Waals surface area contributed by atoms with Crippen molar-refractivity contribution in [2.75, 3.05) is 12.0 Å². The highest BCUT2D eigenvalue weighted by molar-refractivity contribution is 7.84. The Labute approximate surface area is 175 Å². The van der Waals surface area contributed by atoms with Crippen molar-refractivity contribution in [1.82, 2.24) is 0 Å². The Morgan fingerprint density at radius 2 is 1.87 bits per heavy atom. The van der Waals surface area contributed by atoms with Crippen molar-refractivity contribution < 1.29 is 43.0 Å². The molecule has 12 atom stereocenters. The highest BCUT2D eigenvalue weighted by Gasteiger charge is 2.89. The van der Waals surface area contributed by atoms with Gasteiger partial charge in [0.25, 0.3) is 0 Å². The standard InChI is InChI=1S/C20H24O9S/c1-17(24,6-30(4)25)15-20-7(5-8(21)26-15)18(2)11-9(14(20)29-20)28-16(23)19(11,3)12(22)10-13(18)27-10/h5,9-15,22,24H,6H2,1-4H3. The van der Waals surface area contributed by atoms with Crippen molar-refractivity contribution in [3.8, 4) is 0 Å². The number of epoxide rings is 2. The van der Waals surface area contributed by atoms with E-state index in [-0.39, 0.29) is 5.75 Å². The molecule has 3 saturated heterocycles. The van der Waals surface area contributed by atoms with Crippen LogP contribution in [0, 0.1) is 16.7 Å². The highest BCUT2D eigenvalue weighted by Crippen LogP contribution is 2.75. The van der Waals surface area contributed by atoms with Gasteiger partial charge in [-0.2, -0.15) is 0 Å². The van der Waals surface area contributed by atoms with Gasteiger partial charge in [-0.3, -0.25) is 9.00 Å². The molecule has 1 spiro atoms. The van der Waals surface area contributed by atoms with Crippen molar-refractivity contribution >= 4 is 22.7 Å². The summed E-state index contributed by atoms with van der Waals surface area (Å²) in [6.45, 7) is 5.07. The molecular weight excluding hydrogens is 416 g/mol. The third-order valence-electron chi connectivity index (χ3n) is 8.28. The van der Waals surface area contributed by atoms with Gasteiger partial charge in [-0.25, -0.2) is 4.79 Å². The summed E-state index contributed by atoms with van der Waals surface area (Å²) in [7, 11) is -1.36. The van der Waals surface area contributed by atoms with E-state index in [0.717, 1.165) is 0 Å². The molecule has 0 bridgehead atoms. The van der Waals surface area contributed by atoms with Gasteiger partial charge in [-0.1, -0.05) is 6.92 Å². The Morgan fingerprint density at radius 3 is 2.53 bits per heavy atom. The van der Waals surface area contributed by atoms with Crippen LogP contribution in [0.5, 0.6) is 0 Å². The van der Waals surface area contributed by atoms with E-state index >= 15 is 0 Å². The topological polar surface area (TPSA) is 135 Å². The number of rotatable bonds is 3. The molecule has 12 unspecified atom stereocenters. The van der Waals surface area contributed by atoms with Crippen molar-refractivity contribution in [3.63, 3.8) is 0 Å². The van der Waals surface area contributed by atoms with Crippen LogP contribution >= 0.6 is 0 Å². The maximum absolute atomic E-state index is 12.9. The Hall–Kier alpha value is -1.33. The lowest BCUT2D eigenvalue weighted by Crippen LogP contribution is -2.68. The number of ether oxygens (including phenoxy) is 4. The van der Waals surface area contributed by atoms with Crippen LogP contribution in [-0.2, 0) is 39.3 Å². The molecule has 0 aromatic heterocycles. The van der Waals surface area contributed by atoms with E-state index in [1.165, 1.54) is 19.3 Å². The number of fused-ring (bicyclic) bond motifs is 4. The van der Waals surface area contributed by atoms with Gasteiger partial charge in [0.05, 0.1) is 18.0 Å². The van der Waals surface area contributed by atoms with E-state index in [4.69, 9.17) is 18.9 Å². The molecule has 2 aliphatic carbocycles. The van der Waals surface area contributed by atoms with Gasteiger partial charge in [-0.05, 0) is 19.4 Å². The predicted octanol–water partition coefficient (Wildman–Crippen LogP) is -1.18. The van der Waals surface area contributed by atoms with Gasteiger partial charge in [0, 0.05) is 34.5 Å². The molecule has 0 aromatic carbocycles. The van der Waals surface area contributed by atoms with Crippen molar-refractivity contribution in [2.45, 2.75) is 68.6 Å². The minimum absolute atomic E-state index is 0.111. The van der Waals surface area contributed by atoms with Gasteiger partial charge < -0.3 is 29.2 Å². The first kappa shape index (κ1) is 19.4. The summed E-state index contributed by atoms with van der Waals surface area (Å²) in [5.74, 6) is -1.72. The summed E-state index contributed by atoms with van der Waals surface area (Å²) >= 11 is 0. The molecule has 0 aromatic rings. The molecule has 2 N–H and O–H groups in total. The minimum Gasteiger partial charge on any atom is -0.459 e. The molecule has 30 heavy (non-hydrogen) atoms.